The first-order chi connectivity index (χ1) is 27.6. The number of unbranched alkanes of at least 4 members (excludes halogenated alkanes) is 7. The summed E-state index contributed by atoms with van der Waals surface area (Å²) in [6.07, 6.45) is 21.8. The Labute approximate surface area is 355 Å². The molecule has 10 nitrogen and oxygen atoms in total. The molecule has 4 saturated carbocycles. The molecule has 59 heavy (non-hydrogen) atoms. The Morgan fingerprint density at radius 3 is 2.05 bits per heavy atom. The Morgan fingerprint density at radius 2 is 1.39 bits per heavy atom. The zero-order valence-electron chi connectivity index (χ0n) is 38.1. The molecule has 0 aromatic carbocycles. The molecular formula is C49H80N2O8. The first-order valence-corrected chi connectivity index (χ1v) is 23.6. The number of carboxylic acids is 2. The summed E-state index contributed by atoms with van der Waals surface area (Å²) in [5.74, 6) is -0.902. The summed E-state index contributed by atoms with van der Waals surface area (Å²) in [6.45, 7) is 19.3. The molecule has 4 fully saturated rings. The van der Waals surface area contributed by atoms with E-state index < -0.39 is 18.0 Å². The fourth-order valence-corrected chi connectivity index (χ4v) is 13.7. The van der Waals surface area contributed by atoms with Gasteiger partial charge in [0.1, 0.15) is 12.1 Å². The Kier molecular flexibility index (Phi) is 14.9. The molecule has 0 heterocycles. The van der Waals surface area contributed by atoms with Crippen molar-refractivity contribution in [1.29, 1.82) is 0 Å². The van der Waals surface area contributed by atoms with Gasteiger partial charge in [-0.1, -0.05) is 98.6 Å². The van der Waals surface area contributed by atoms with Crippen LogP contribution in [0.1, 0.15) is 197 Å². The fourth-order valence-electron chi connectivity index (χ4n) is 13.7. The number of fused-ring (bicyclic) bond motifs is 7. The smallest absolute Gasteiger partial charge is 0.325 e. The summed E-state index contributed by atoms with van der Waals surface area (Å²) in [6, 6.07) is -0.850. The molecule has 10 heteroatoms. The predicted molar refractivity (Wildman–Crippen MR) is 230 cm³/mol. The van der Waals surface area contributed by atoms with Crippen LogP contribution in [0.15, 0.2) is 11.6 Å². The van der Waals surface area contributed by atoms with Crippen molar-refractivity contribution in [3.05, 3.63) is 11.6 Å². The van der Waals surface area contributed by atoms with Crippen LogP contribution in [0, 0.1) is 50.2 Å². The Balaban J connectivity index is 1.17. The molecule has 5 rings (SSSR count). The summed E-state index contributed by atoms with van der Waals surface area (Å²) >= 11 is 0. The van der Waals surface area contributed by atoms with E-state index in [2.05, 4.69) is 65.2 Å². The molecule has 3 unspecified atom stereocenters. The van der Waals surface area contributed by atoms with E-state index in [0.29, 0.717) is 24.7 Å². The predicted octanol–water partition coefficient (Wildman–Crippen LogP) is 10.2. The van der Waals surface area contributed by atoms with E-state index in [4.69, 9.17) is 14.9 Å². The molecule has 0 saturated heterocycles. The van der Waals surface area contributed by atoms with Crippen molar-refractivity contribution in [2.24, 2.45) is 50.2 Å². The maximum absolute atomic E-state index is 14.5. The van der Waals surface area contributed by atoms with Gasteiger partial charge in [-0.25, -0.2) is 0 Å². The number of hydrogen-bond donors (Lipinski definition) is 4. The fraction of sp³-hybridized carbons (Fsp3) is 0.857. The lowest BCUT2D eigenvalue weighted by Gasteiger charge is -2.71. The van der Waals surface area contributed by atoms with Crippen molar-refractivity contribution in [2.45, 2.75) is 209 Å². The highest BCUT2D eigenvalue weighted by molar-refractivity contribution is 5.84. The monoisotopic (exact) mass is 825 g/mol. The lowest BCUT2D eigenvalue weighted by molar-refractivity contribution is -0.213. The molecule has 0 radical (unpaired) electrons. The zero-order valence-corrected chi connectivity index (χ0v) is 38.1. The van der Waals surface area contributed by atoms with Crippen molar-refractivity contribution in [3.8, 4) is 0 Å². The SMILES string of the molecule is C[C@H](NC(=O)CCCCCCCCCCNC(=O)[C@]12CCC(C)(C)CC1C1=CCC3[C@@]4(C)CC[C@H](OC(=O)CCCC(=O)O)C(C)(C)C4CC[C@@]3(C)[C@]1(C)CC2)C(=O)O. The highest BCUT2D eigenvalue weighted by Gasteiger charge is 2.69. The molecule has 5 aliphatic carbocycles. The van der Waals surface area contributed by atoms with Gasteiger partial charge >= 0.3 is 17.9 Å². The van der Waals surface area contributed by atoms with Crippen LogP contribution in [0.4, 0.5) is 0 Å². The van der Waals surface area contributed by atoms with E-state index in [1.807, 2.05) is 0 Å². The van der Waals surface area contributed by atoms with Gasteiger partial charge in [0.25, 0.3) is 0 Å². The lowest BCUT2D eigenvalue weighted by Crippen LogP contribution is -2.65. The molecule has 0 aliphatic heterocycles. The highest BCUT2D eigenvalue weighted by Crippen LogP contribution is 2.76. The Morgan fingerprint density at radius 1 is 0.746 bits per heavy atom. The number of carbonyl (C=O) groups is 5. The topological polar surface area (TPSA) is 159 Å². The van der Waals surface area contributed by atoms with Gasteiger partial charge in [0.15, 0.2) is 0 Å². The maximum Gasteiger partial charge on any atom is 0.325 e. The van der Waals surface area contributed by atoms with E-state index >= 15 is 0 Å². The van der Waals surface area contributed by atoms with E-state index in [9.17, 15) is 24.0 Å². The van der Waals surface area contributed by atoms with Gasteiger partial charge in [-0.15, -0.1) is 0 Å². The van der Waals surface area contributed by atoms with Crippen LogP contribution in [0.5, 0.6) is 0 Å². The number of aliphatic carboxylic acids is 2. The third kappa shape index (κ3) is 9.77. The van der Waals surface area contributed by atoms with Crippen LogP contribution in [0.25, 0.3) is 0 Å². The van der Waals surface area contributed by atoms with E-state index in [1.165, 1.54) is 6.92 Å². The van der Waals surface area contributed by atoms with Gasteiger partial charge in [-0.05, 0) is 130 Å². The third-order valence-corrected chi connectivity index (χ3v) is 17.4. The third-order valence-electron chi connectivity index (χ3n) is 17.4. The molecule has 9 atom stereocenters. The standard InChI is InChI=1S/C49H80N2O8/c1-33(42(56)57)51-39(52)18-15-13-11-9-10-12-14-16-31-50-43(58)49-29-27-44(2,3)32-35(49)34-21-22-37-46(6)25-24-38(59-41(55)20-17-19-40(53)54)45(4,5)36(46)23-26-48(37,8)47(34,7)28-30-49/h21,33,35-38H,9-20,22-32H2,1-8H3,(H,50,58)(H,51,52)(H,53,54)(H,56,57)/t33-,35?,36?,37?,38-,46-,47+,48+,49-/m0/s1. The van der Waals surface area contributed by atoms with Crippen LogP contribution in [-0.4, -0.2) is 58.6 Å². The Bertz CT molecular complexity index is 1590. The van der Waals surface area contributed by atoms with Crippen LogP contribution < -0.4 is 10.6 Å². The number of hydrogen-bond acceptors (Lipinski definition) is 6. The average molecular weight is 825 g/mol. The van der Waals surface area contributed by atoms with Crippen molar-refractivity contribution in [3.63, 3.8) is 0 Å². The quantitative estimate of drug-likeness (QED) is 0.0569. The molecule has 2 amide bonds. The molecule has 0 bridgehead atoms. The number of ether oxygens (including phenoxy) is 1. The normalized spacial score (nSPS) is 34.7. The minimum absolute atomic E-state index is 0.0157. The molecule has 0 aromatic rings. The summed E-state index contributed by atoms with van der Waals surface area (Å²) < 4.78 is 6.15. The number of nitrogens with one attached hydrogen (secondary N) is 2. The summed E-state index contributed by atoms with van der Waals surface area (Å²) in [4.78, 5) is 61.2. The molecule has 0 spiro atoms. The van der Waals surface area contributed by atoms with Gasteiger partial charge in [0.05, 0.1) is 5.41 Å². The number of esters is 1. The van der Waals surface area contributed by atoms with Gasteiger partial charge in [-0.3, -0.25) is 24.0 Å². The van der Waals surface area contributed by atoms with E-state index in [0.717, 1.165) is 122 Å². The number of allylic oxidation sites excluding steroid dienone is 2. The second-order valence-corrected chi connectivity index (χ2v) is 21.9. The summed E-state index contributed by atoms with van der Waals surface area (Å²) in [5, 5.41) is 24.0. The zero-order chi connectivity index (χ0) is 43.4. The van der Waals surface area contributed by atoms with Crippen molar-refractivity contribution >= 4 is 29.7 Å². The maximum atomic E-state index is 14.5. The second kappa shape index (κ2) is 18.6. The van der Waals surface area contributed by atoms with Gasteiger partial charge in [0, 0.05) is 31.2 Å². The molecule has 4 N–H and O–H groups in total. The minimum atomic E-state index is -1.02. The molecule has 5 aliphatic rings. The largest absolute Gasteiger partial charge is 0.481 e. The van der Waals surface area contributed by atoms with Crippen molar-refractivity contribution < 1.29 is 38.9 Å². The summed E-state index contributed by atoms with van der Waals surface area (Å²) in [5.41, 5.74) is 1.48. The van der Waals surface area contributed by atoms with Crippen molar-refractivity contribution in [2.75, 3.05) is 6.54 Å². The van der Waals surface area contributed by atoms with E-state index in [-0.39, 0.29) is 75.1 Å². The van der Waals surface area contributed by atoms with E-state index in [1.54, 1.807) is 5.57 Å². The highest BCUT2D eigenvalue weighted by atomic mass is 16.5. The Hall–Kier alpha value is -2.91. The average Bonchev–Trinajstić information content (AvgIpc) is 3.14. The lowest BCUT2D eigenvalue weighted by atomic mass is 9.33. The first-order valence-electron chi connectivity index (χ1n) is 23.6. The van der Waals surface area contributed by atoms with Gasteiger partial charge in [-0.2, -0.15) is 0 Å². The van der Waals surface area contributed by atoms with Gasteiger partial charge in [0.2, 0.25) is 11.8 Å². The number of carboxylic acid groups (broad SMARTS) is 2. The number of amides is 2. The molecule has 0 aromatic heterocycles. The van der Waals surface area contributed by atoms with Crippen LogP contribution >= 0.6 is 0 Å². The van der Waals surface area contributed by atoms with Crippen LogP contribution in [0.3, 0.4) is 0 Å². The number of rotatable bonds is 19. The van der Waals surface area contributed by atoms with Crippen LogP contribution in [0.2, 0.25) is 0 Å². The summed E-state index contributed by atoms with van der Waals surface area (Å²) in [7, 11) is 0. The number of carbonyl (C=O) groups excluding carboxylic acids is 3. The molecule has 334 valence electrons. The minimum Gasteiger partial charge on any atom is -0.481 e. The van der Waals surface area contributed by atoms with Crippen LogP contribution in [-0.2, 0) is 28.7 Å². The molecular weight excluding hydrogens is 745 g/mol. The first kappa shape index (κ1) is 47.1. The van der Waals surface area contributed by atoms with Crippen molar-refractivity contribution in [1.82, 2.24) is 10.6 Å². The second-order valence-electron chi connectivity index (χ2n) is 21.9. The van der Waals surface area contributed by atoms with Gasteiger partial charge < -0.3 is 25.6 Å².